The van der Waals surface area contributed by atoms with E-state index < -0.39 is 6.10 Å². The summed E-state index contributed by atoms with van der Waals surface area (Å²) in [4.78, 5) is 0. The quantitative estimate of drug-likeness (QED) is 0.821. The number of hydrogen-bond donors (Lipinski definition) is 1. The highest BCUT2D eigenvalue weighted by molar-refractivity contribution is 6.30. The van der Waals surface area contributed by atoms with Gasteiger partial charge < -0.3 is 9.84 Å². The van der Waals surface area contributed by atoms with Gasteiger partial charge in [-0.25, -0.2) is 0 Å². The van der Waals surface area contributed by atoms with Crippen LogP contribution in [-0.2, 0) is 6.42 Å². The second kappa shape index (κ2) is 6.36. The van der Waals surface area contributed by atoms with Gasteiger partial charge in [0, 0.05) is 17.0 Å². The van der Waals surface area contributed by atoms with Crippen molar-refractivity contribution in [2.24, 2.45) is 5.92 Å². The van der Waals surface area contributed by atoms with Crippen LogP contribution in [0.25, 0.3) is 0 Å². The molecule has 1 aliphatic carbocycles. The van der Waals surface area contributed by atoms with Crippen molar-refractivity contribution < 1.29 is 9.84 Å². The first-order chi connectivity index (χ1) is 9.74. The zero-order chi connectivity index (χ0) is 13.9. The Morgan fingerprint density at radius 2 is 1.95 bits per heavy atom. The second-order valence-corrected chi connectivity index (χ2v) is 6.63. The average Bonchev–Trinajstić information content (AvgIpc) is 2.74. The molecule has 0 radical (unpaired) electrons. The first kappa shape index (κ1) is 14.2. The van der Waals surface area contributed by atoms with Gasteiger partial charge in [0.2, 0.25) is 0 Å². The smallest absolute Gasteiger partial charge is 0.128 e. The number of benzene rings is 1. The third-order valence-electron chi connectivity index (χ3n) is 4.67. The normalized spacial score (nSPS) is 21.1. The van der Waals surface area contributed by atoms with E-state index in [0.717, 1.165) is 29.7 Å². The fourth-order valence-electron chi connectivity index (χ4n) is 3.59. The molecule has 2 aliphatic rings. The van der Waals surface area contributed by atoms with Gasteiger partial charge in [0.1, 0.15) is 5.75 Å². The molecule has 1 fully saturated rings. The molecule has 0 saturated heterocycles. The van der Waals surface area contributed by atoms with Gasteiger partial charge in [0.25, 0.3) is 0 Å². The zero-order valence-electron chi connectivity index (χ0n) is 11.9. The van der Waals surface area contributed by atoms with Crippen LogP contribution in [0.15, 0.2) is 12.1 Å². The molecule has 0 aromatic heterocycles. The molecule has 0 spiro atoms. The molecular formula is C17H23ClO2. The molecule has 110 valence electrons. The number of halogens is 1. The Balaban J connectivity index is 1.75. The summed E-state index contributed by atoms with van der Waals surface area (Å²) < 4.78 is 5.70. The van der Waals surface area contributed by atoms with Gasteiger partial charge in [-0.2, -0.15) is 0 Å². The van der Waals surface area contributed by atoms with E-state index in [1.54, 1.807) is 0 Å². The van der Waals surface area contributed by atoms with Crippen LogP contribution in [0, 0.1) is 5.92 Å². The monoisotopic (exact) mass is 294 g/mol. The third-order valence-corrected chi connectivity index (χ3v) is 4.89. The number of aliphatic hydroxyl groups is 1. The van der Waals surface area contributed by atoms with Crippen molar-refractivity contribution in [3.63, 3.8) is 0 Å². The van der Waals surface area contributed by atoms with Crippen molar-refractivity contribution in [3.8, 4) is 5.75 Å². The first-order valence-electron chi connectivity index (χ1n) is 7.87. The van der Waals surface area contributed by atoms with Crippen molar-refractivity contribution in [1.29, 1.82) is 0 Å². The van der Waals surface area contributed by atoms with E-state index in [4.69, 9.17) is 16.3 Å². The van der Waals surface area contributed by atoms with Crippen LogP contribution < -0.4 is 4.74 Å². The lowest BCUT2D eigenvalue weighted by atomic mass is 9.90. The molecule has 1 saturated carbocycles. The Bertz CT molecular complexity index is 464. The summed E-state index contributed by atoms with van der Waals surface area (Å²) in [6, 6.07) is 3.85. The summed E-state index contributed by atoms with van der Waals surface area (Å²) in [6.45, 7) is 0.707. The van der Waals surface area contributed by atoms with Gasteiger partial charge in [-0.15, -0.1) is 0 Å². The van der Waals surface area contributed by atoms with Gasteiger partial charge in [-0.05, 0) is 30.0 Å². The van der Waals surface area contributed by atoms with Crippen LogP contribution >= 0.6 is 11.6 Å². The number of fused-ring (bicyclic) bond motifs is 1. The summed E-state index contributed by atoms with van der Waals surface area (Å²) >= 11 is 6.17. The van der Waals surface area contributed by atoms with Gasteiger partial charge >= 0.3 is 0 Å². The maximum Gasteiger partial charge on any atom is 0.128 e. The van der Waals surface area contributed by atoms with E-state index in [9.17, 15) is 5.11 Å². The summed E-state index contributed by atoms with van der Waals surface area (Å²) in [5, 5.41) is 11.3. The summed E-state index contributed by atoms with van der Waals surface area (Å²) in [5.41, 5.74) is 2.04. The summed E-state index contributed by atoms with van der Waals surface area (Å²) in [6.07, 6.45) is 9.12. The largest absolute Gasteiger partial charge is 0.493 e. The maximum atomic E-state index is 10.6. The van der Waals surface area contributed by atoms with Crippen LogP contribution in [0.4, 0.5) is 0 Å². The lowest BCUT2D eigenvalue weighted by Gasteiger charge is -2.20. The Labute approximate surface area is 126 Å². The number of ether oxygens (including phenoxy) is 1. The minimum atomic E-state index is -0.441. The Morgan fingerprint density at radius 1 is 1.20 bits per heavy atom. The molecule has 0 amide bonds. The topological polar surface area (TPSA) is 29.5 Å². The Morgan fingerprint density at radius 3 is 2.70 bits per heavy atom. The average molecular weight is 295 g/mol. The van der Waals surface area contributed by atoms with Crippen molar-refractivity contribution in [2.45, 2.75) is 57.5 Å². The molecule has 2 nitrogen and oxygen atoms in total. The molecular weight excluding hydrogens is 272 g/mol. The van der Waals surface area contributed by atoms with E-state index in [0.29, 0.717) is 17.5 Å². The first-order valence-corrected chi connectivity index (χ1v) is 8.25. The van der Waals surface area contributed by atoms with Crippen LogP contribution in [0.3, 0.4) is 0 Å². The highest BCUT2D eigenvalue weighted by Crippen LogP contribution is 2.39. The van der Waals surface area contributed by atoms with E-state index in [1.165, 1.54) is 38.5 Å². The van der Waals surface area contributed by atoms with E-state index >= 15 is 0 Å². The third kappa shape index (κ3) is 3.12. The van der Waals surface area contributed by atoms with E-state index in [2.05, 4.69) is 0 Å². The molecule has 1 aliphatic heterocycles. The molecule has 3 heteroatoms. The second-order valence-electron chi connectivity index (χ2n) is 6.19. The summed E-state index contributed by atoms with van der Waals surface area (Å²) in [7, 11) is 0. The lowest BCUT2D eigenvalue weighted by Crippen LogP contribution is -2.08. The maximum absolute atomic E-state index is 10.6. The van der Waals surface area contributed by atoms with Crippen molar-refractivity contribution in [1.82, 2.24) is 0 Å². The predicted molar refractivity (Wildman–Crippen MR) is 81.4 cm³/mol. The Kier molecular flexibility index (Phi) is 4.52. The van der Waals surface area contributed by atoms with Gasteiger partial charge in [0.15, 0.2) is 0 Å². The number of aliphatic hydroxyl groups excluding tert-OH is 1. The Hall–Kier alpha value is -0.730. The molecule has 20 heavy (non-hydrogen) atoms. The van der Waals surface area contributed by atoms with Crippen LogP contribution in [0.1, 0.15) is 62.2 Å². The van der Waals surface area contributed by atoms with Crippen LogP contribution in [0.5, 0.6) is 5.75 Å². The molecule has 1 aromatic rings. The molecule has 1 unspecified atom stereocenters. The molecule has 3 rings (SSSR count). The van der Waals surface area contributed by atoms with Crippen LogP contribution in [-0.4, -0.2) is 11.7 Å². The summed E-state index contributed by atoms with van der Waals surface area (Å²) in [5.74, 6) is 1.53. The zero-order valence-corrected chi connectivity index (χ0v) is 12.7. The van der Waals surface area contributed by atoms with Crippen molar-refractivity contribution in [3.05, 3.63) is 28.3 Å². The molecule has 1 N–H and O–H groups in total. The van der Waals surface area contributed by atoms with Crippen LogP contribution in [0.2, 0.25) is 5.02 Å². The minimum Gasteiger partial charge on any atom is -0.493 e. The molecule has 0 bridgehead atoms. The van der Waals surface area contributed by atoms with Crippen molar-refractivity contribution >= 4 is 11.6 Å². The van der Waals surface area contributed by atoms with Gasteiger partial charge in [0.05, 0.1) is 12.7 Å². The van der Waals surface area contributed by atoms with Gasteiger partial charge in [-0.1, -0.05) is 50.1 Å². The highest BCUT2D eigenvalue weighted by Gasteiger charge is 2.24. The lowest BCUT2D eigenvalue weighted by molar-refractivity contribution is 0.135. The van der Waals surface area contributed by atoms with Crippen molar-refractivity contribution in [2.75, 3.05) is 6.61 Å². The molecule has 1 heterocycles. The van der Waals surface area contributed by atoms with E-state index in [-0.39, 0.29) is 0 Å². The molecule has 1 atom stereocenters. The molecule has 1 aromatic carbocycles. The fraction of sp³-hybridized carbons (Fsp3) is 0.647. The fourth-order valence-corrected chi connectivity index (χ4v) is 3.84. The minimum absolute atomic E-state index is 0.441. The van der Waals surface area contributed by atoms with E-state index in [1.807, 2.05) is 12.1 Å². The van der Waals surface area contributed by atoms with Gasteiger partial charge in [-0.3, -0.25) is 0 Å². The SMILES string of the molecule is OC(CC1CCCCCC1)c1cc(Cl)cc2c1OCC2. The number of hydrogen-bond acceptors (Lipinski definition) is 2. The predicted octanol–water partition coefficient (Wildman–Crippen LogP) is 4.67. The highest BCUT2D eigenvalue weighted by atomic mass is 35.5. The standard InChI is InChI=1S/C17H23ClO2/c18-14-10-13-7-8-20-17(13)15(11-14)16(19)9-12-5-3-1-2-4-6-12/h10-12,16,19H,1-9H2. The number of rotatable bonds is 3.